The van der Waals surface area contributed by atoms with E-state index >= 15 is 0 Å². The molecule has 3 aromatic carbocycles. The lowest BCUT2D eigenvalue weighted by Crippen LogP contribution is -2.29. The van der Waals surface area contributed by atoms with Crippen molar-refractivity contribution in [1.82, 2.24) is 4.98 Å². The van der Waals surface area contributed by atoms with E-state index in [2.05, 4.69) is 13.0 Å². The number of nitrogens with zero attached hydrogens (tertiary/aromatic N) is 2. The molecule has 0 saturated carbocycles. The first-order valence-corrected chi connectivity index (χ1v) is 13.6. The zero-order valence-corrected chi connectivity index (χ0v) is 22.6. The average Bonchev–Trinajstić information content (AvgIpc) is 3.56. The topological polar surface area (TPSA) is 79.7 Å². The highest BCUT2D eigenvalue weighted by molar-refractivity contribution is 7.22. The Kier molecular flexibility index (Phi) is 5.83. The van der Waals surface area contributed by atoms with Crippen molar-refractivity contribution in [2.45, 2.75) is 52.7 Å². The van der Waals surface area contributed by atoms with Gasteiger partial charge in [-0.05, 0) is 79.3 Å². The second kappa shape index (κ2) is 9.10. The van der Waals surface area contributed by atoms with Gasteiger partial charge in [0, 0.05) is 12.0 Å². The number of ether oxygens (including phenoxy) is 1. The summed E-state index contributed by atoms with van der Waals surface area (Å²) in [5, 5.41) is 12.0. The number of Topliss-reactive ketones (excluding diaryl/α,β-unsaturated/α-hetero) is 1. The molecule has 6 rings (SSSR count). The van der Waals surface area contributed by atoms with Crippen molar-refractivity contribution in [3.63, 3.8) is 0 Å². The van der Waals surface area contributed by atoms with Crippen LogP contribution in [0.2, 0.25) is 0 Å². The lowest BCUT2D eigenvalue weighted by atomic mass is 9.94. The zero-order valence-electron chi connectivity index (χ0n) is 21.7. The number of amides is 1. The van der Waals surface area contributed by atoms with E-state index in [0.29, 0.717) is 10.7 Å². The van der Waals surface area contributed by atoms with Crippen molar-refractivity contribution in [1.29, 1.82) is 0 Å². The second-order valence-corrected chi connectivity index (χ2v) is 11.2. The Hall–Kier alpha value is -3.97. The first-order valence-electron chi connectivity index (χ1n) is 12.8. The molecule has 2 atom stereocenters. The van der Waals surface area contributed by atoms with Crippen LogP contribution in [-0.4, -0.2) is 27.9 Å². The number of fused-ring (bicyclic) bond motifs is 2. The smallest absolute Gasteiger partial charge is 0.301 e. The zero-order chi connectivity index (χ0) is 26.7. The van der Waals surface area contributed by atoms with E-state index in [1.165, 1.54) is 16.2 Å². The molecule has 2 aliphatic heterocycles. The van der Waals surface area contributed by atoms with Gasteiger partial charge in [0.2, 0.25) is 0 Å². The second-order valence-electron chi connectivity index (χ2n) is 10.1. The molecule has 192 valence electrons. The van der Waals surface area contributed by atoms with Gasteiger partial charge in [-0.25, -0.2) is 4.98 Å². The number of anilines is 1. The molecule has 7 heteroatoms. The molecule has 1 fully saturated rings. The number of thiazole rings is 1. The van der Waals surface area contributed by atoms with Crippen LogP contribution in [0.3, 0.4) is 0 Å². The molecule has 2 aliphatic rings. The summed E-state index contributed by atoms with van der Waals surface area (Å²) in [4.78, 5) is 33.4. The molecule has 4 aromatic rings. The minimum atomic E-state index is -0.800. The molecule has 1 aromatic heterocycles. The number of rotatable bonds is 4. The van der Waals surface area contributed by atoms with Gasteiger partial charge in [0.1, 0.15) is 17.6 Å². The Morgan fingerprint density at radius 2 is 1.87 bits per heavy atom. The number of aryl methyl sites for hydroxylation is 3. The van der Waals surface area contributed by atoms with Crippen LogP contribution in [0.15, 0.2) is 60.2 Å². The van der Waals surface area contributed by atoms with Gasteiger partial charge in [-0.15, -0.1) is 0 Å². The molecule has 3 heterocycles. The van der Waals surface area contributed by atoms with Crippen molar-refractivity contribution >= 4 is 44.1 Å². The maximum Gasteiger partial charge on any atom is 0.301 e. The van der Waals surface area contributed by atoms with Crippen LogP contribution in [0.1, 0.15) is 53.3 Å². The molecule has 1 amide bonds. The van der Waals surface area contributed by atoms with Crippen LogP contribution in [0, 0.1) is 13.8 Å². The Bertz CT molecular complexity index is 1650. The molecule has 1 saturated heterocycles. The third-order valence-corrected chi connectivity index (χ3v) is 8.34. The van der Waals surface area contributed by atoms with E-state index in [1.54, 1.807) is 6.07 Å². The molecular weight excluding hydrogens is 496 g/mol. The van der Waals surface area contributed by atoms with Crippen LogP contribution in [0.25, 0.3) is 16.0 Å². The van der Waals surface area contributed by atoms with E-state index in [1.807, 2.05) is 63.2 Å². The number of aliphatic hydroxyl groups is 1. The van der Waals surface area contributed by atoms with Crippen LogP contribution < -0.4 is 9.64 Å². The quantitative estimate of drug-likeness (QED) is 0.189. The van der Waals surface area contributed by atoms with Gasteiger partial charge in [-0.3, -0.25) is 14.5 Å². The van der Waals surface area contributed by atoms with Gasteiger partial charge < -0.3 is 9.84 Å². The molecule has 6 nitrogen and oxygen atoms in total. The van der Waals surface area contributed by atoms with E-state index < -0.39 is 17.7 Å². The molecular formula is C31H28N2O4S. The molecule has 0 bridgehead atoms. The highest BCUT2D eigenvalue weighted by Crippen LogP contribution is 2.45. The first-order chi connectivity index (χ1) is 18.2. The van der Waals surface area contributed by atoms with Gasteiger partial charge in [0.05, 0.1) is 21.8 Å². The standard InChI is InChI=1S/C31H28N2O4S/c1-5-19-6-8-20(9-7-19)27-25(28(34)21-10-11-23-22(15-21)14-18(4)37-23)29(35)30(36)33(27)31-32-26-17(3)12-16(2)13-24(26)38-31/h6-13,15,18,27,34H,5,14H2,1-4H3. The fraction of sp³-hybridized carbons (Fsp3) is 0.258. The van der Waals surface area contributed by atoms with Crippen molar-refractivity contribution < 1.29 is 19.4 Å². The molecule has 0 aliphatic carbocycles. The highest BCUT2D eigenvalue weighted by atomic mass is 32.1. The Morgan fingerprint density at radius 1 is 1.11 bits per heavy atom. The number of ketones is 1. The fourth-order valence-electron chi connectivity index (χ4n) is 5.47. The summed E-state index contributed by atoms with van der Waals surface area (Å²) in [7, 11) is 0. The summed E-state index contributed by atoms with van der Waals surface area (Å²) in [6.07, 6.45) is 1.64. The number of aromatic nitrogens is 1. The Morgan fingerprint density at radius 3 is 2.61 bits per heavy atom. The minimum Gasteiger partial charge on any atom is -0.507 e. The monoisotopic (exact) mass is 524 g/mol. The van der Waals surface area contributed by atoms with Crippen LogP contribution in [-0.2, 0) is 22.4 Å². The van der Waals surface area contributed by atoms with Gasteiger partial charge in [-0.1, -0.05) is 48.6 Å². The molecule has 38 heavy (non-hydrogen) atoms. The normalized spacial score (nSPS) is 20.3. The molecule has 0 radical (unpaired) electrons. The SMILES string of the molecule is CCc1ccc(C2C(=C(O)c3ccc4c(c3)CC(C)O4)C(=O)C(=O)N2c2nc3c(C)cc(C)cc3s2)cc1. The van der Waals surface area contributed by atoms with Crippen molar-refractivity contribution in [2.24, 2.45) is 0 Å². The number of hydrogen-bond acceptors (Lipinski definition) is 6. The third kappa shape index (κ3) is 3.89. The lowest BCUT2D eigenvalue weighted by Gasteiger charge is -2.23. The lowest BCUT2D eigenvalue weighted by molar-refractivity contribution is -0.132. The van der Waals surface area contributed by atoms with Gasteiger partial charge >= 0.3 is 5.91 Å². The van der Waals surface area contributed by atoms with Crippen LogP contribution >= 0.6 is 11.3 Å². The largest absolute Gasteiger partial charge is 0.507 e. The molecule has 2 unspecified atom stereocenters. The van der Waals surface area contributed by atoms with E-state index in [9.17, 15) is 14.7 Å². The fourth-order valence-corrected chi connectivity index (χ4v) is 6.64. The summed E-state index contributed by atoms with van der Waals surface area (Å²) in [6, 6.07) is 16.5. The third-order valence-electron chi connectivity index (χ3n) is 7.34. The Balaban J connectivity index is 1.54. The number of carbonyl (C=O) groups is 2. The maximum absolute atomic E-state index is 13.6. The van der Waals surface area contributed by atoms with Gasteiger partial charge in [0.25, 0.3) is 5.78 Å². The van der Waals surface area contributed by atoms with Crippen molar-refractivity contribution in [2.75, 3.05) is 4.90 Å². The molecule has 1 N–H and O–H groups in total. The van der Waals surface area contributed by atoms with Gasteiger partial charge in [-0.2, -0.15) is 0 Å². The van der Waals surface area contributed by atoms with Gasteiger partial charge in [0.15, 0.2) is 5.13 Å². The summed E-state index contributed by atoms with van der Waals surface area (Å²) in [5.41, 5.74) is 6.34. The summed E-state index contributed by atoms with van der Waals surface area (Å²) in [5.74, 6) is -0.820. The summed E-state index contributed by atoms with van der Waals surface area (Å²) < 4.78 is 6.76. The molecule has 0 spiro atoms. The van der Waals surface area contributed by atoms with E-state index in [-0.39, 0.29) is 17.4 Å². The average molecular weight is 525 g/mol. The van der Waals surface area contributed by atoms with Crippen LogP contribution in [0.4, 0.5) is 5.13 Å². The maximum atomic E-state index is 13.6. The predicted octanol–water partition coefficient (Wildman–Crippen LogP) is 6.43. The number of hydrogen-bond donors (Lipinski definition) is 1. The van der Waals surface area contributed by atoms with E-state index in [0.717, 1.165) is 56.6 Å². The minimum absolute atomic E-state index is 0.0520. The van der Waals surface area contributed by atoms with Crippen molar-refractivity contribution in [3.05, 3.63) is 93.6 Å². The highest BCUT2D eigenvalue weighted by Gasteiger charge is 2.48. The first kappa shape index (κ1) is 24.4. The predicted molar refractivity (Wildman–Crippen MR) is 150 cm³/mol. The number of benzene rings is 3. The van der Waals surface area contributed by atoms with Crippen molar-refractivity contribution in [3.8, 4) is 5.75 Å². The van der Waals surface area contributed by atoms with E-state index in [4.69, 9.17) is 9.72 Å². The number of aliphatic hydroxyl groups excluding tert-OH is 1. The summed E-state index contributed by atoms with van der Waals surface area (Å²) in [6.45, 7) is 8.08. The Labute approximate surface area is 225 Å². The number of carbonyl (C=O) groups excluding carboxylic acids is 2. The summed E-state index contributed by atoms with van der Waals surface area (Å²) >= 11 is 1.38. The van der Waals surface area contributed by atoms with Crippen LogP contribution in [0.5, 0.6) is 5.75 Å².